The van der Waals surface area contributed by atoms with E-state index in [0.29, 0.717) is 12.1 Å². The average Bonchev–Trinajstić information content (AvgIpc) is 2.83. The largest absolute Gasteiger partial charge is 0.419 e. The van der Waals surface area contributed by atoms with Crippen LogP contribution >= 0.6 is 0 Å². The quantitative estimate of drug-likeness (QED) is 0.939. The van der Waals surface area contributed by atoms with E-state index in [1.165, 1.54) is 0 Å². The number of rotatable bonds is 4. The topological polar surface area (TPSA) is 70.4 Å². The summed E-state index contributed by atoms with van der Waals surface area (Å²) in [7, 11) is 0. The van der Waals surface area contributed by atoms with Crippen molar-refractivity contribution in [1.29, 1.82) is 0 Å². The number of aryl methyl sites for hydroxylation is 1. The zero-order chi connectivity index (χ0) is 14.8. The number of nitrogens with zero attached hydrogens (tertiary/aromatic N) is 1. The molecule has 1 fully saturated rings. The van der Waals surface area contributed by atoms with E-state index >= 15 is 0 Å². The van der Waals surface area contributed by atoms with Gasteiger partial charge in [-0.05, 0) is 43.4 Å². The predicted molar refractivity (Wildman–Crippen MR) is 81.3 cm³/mol. The Labute approximate surface area is 123 Å². The number of oxazole rings is 1. The third-order valence-electron chi connectivity index (χ3n) is 4.14. The molecule has 0 aliphatic carbocycles. The Hall–Kier alpha value is -1.59. The second-order valence-corrected chi connectivity index (χ2v) is 5.68. The lowest BCUT2D eigenvalue weighted by Crippen LogP contribution is -2.31. The van der Waals surface area contributed by atoms with Crippen LogP contribution in [0, 0.1) is 0 Å². The van der Waals surface area contributed by atoms with Gasteiger partial charge >= 0.3 is 5.76 Å². The van der Waals surface area contributed by atoms with E-state index in [0.717, 1.165) is 43.4 Å². The summed E-state index contributed by atoms with van der Waals surface area (Å²) in [5, 5.41) is 0. The third kappa shape index (κ3) is 2.76. The Balaban J connectivity index is 1.92. The van der Waals surface area contributed by atoms with E-state index < -0.39 is 0 Å². The highest BCUT2D eigenvalue weighted by Crippen LogP contribution is 2.26. The van der Waals surface area contributed by atoms with Crippen LogP contribution in [0.3, 0.4) is 0 Å². The van der Waals surface area contributed by atoms with Crippen molar-refractivity contribution < 1.29 is 9.15 Å². The molecule has 2 N–H and O–H groups in total. The molecule has 2 aromatic rings. The number of ether oxygens (including phenoxy) is 1. The molecule has 0 saturated carbocycles. The molecule has 2 heterocycles. The summed E-state index contributed by atoms with van der Waals surface area (Å²) in [4.78, 5) is 11.9. The number of aromatic nitrogens is 1. The van der Waals surface area contributed by atoms with Crippen molar-refractivity contribution in [3.05, 3.63) is 34.3 Å². The molecule has 0 spiro atoms. The summed E-state index contributed by atoms with van der Waals surface area (Å²) in [6, 6.07) is 5.61. The Kier molecular flexibility index (Phi) is 4.12. The lowest BCUT2D eigenvalue weighted by molar-refractivity contribution is 0.0000273. The Morgan fingerprint density at radius 2 is 2.29 bits per heavy atom. The molecule has 0 radical (unpaired) electrons. The first-order valence-electron chi connectivity index (χ1n) is 7.71. The molecule has 0 bridgehead atoms. The molecule has 5 nitrogen and oxygen atoms in total. The summed E-state index contributed by atoms with van der Waals surface area (Å²) < 4.78 is 12.8. The highest BCUT2D eigenvalue weighted by Gasteiger charge is 2.23. The van der Waals surface area contributed by atoms with Crippen molar-refractivity contribution in [3.8, 4) is 0 Å². The Morgan fingerprint density at radius 3 is 3.00 bits per heavy atom. The minimum atomic E-state index is -0.300. The van der Waals surface area contributed by atoms with E-state index in [2.05, 4.69) is 0 Å². The molecule has 1 aromatic heterocycles. The van der Waals surface area contributed by atoms with Gasteiger partial charge in [-0.15, -0.1) is 0 Å². The number of hydrogen-bond donors (Lipinski definition) is 1. The van der Waals surface area contributed by atoms with Crippen LogP contribution in [0.4, 0.5) is 0 Å². The van der Waals surface area contributed by atoms with Gasteiger partial charge < -0.3 is 14.9 Å². The first kappa shape index (κ1) is 14.4. The number of benzene rings is 1. The molecule has 1 aromatic carbocycles. The van der Waals surface area contributed by atoms with E-state index in [9.17, 15) is 4.79 Å². The molecule has 114 valence electrons. The van der Waals surface area contributed by atoms with Crippen LogP contribution in [-0.4, -0.2) is 17.3 Å². The minimum Gasteiger partial charge on any atom is -0.408 e. The molecule has 21 heavy (non-hydrogen) atoms. The molecular formula is C16H22N2O3. The van der Waals surface area contributed by atoms with E-state index in [1.807, 2.05) is 25.1 Å². The van der Waals surface area contributed by atoms with Crippen molar-refractivity contribution in [1.82, 2.24) is 4.57 Å². The highest BCUT2D eigenvalue weighted by molar-refractivity contribution is 5.74. The first-order valence-corrected chi connectivity index (χ1v) is 7.71. The van der Waals surface area contributed by atoms with Crippen LogP contribution in [0.15, 0.2) is 27.4 Å². The van der Waals surface area contributed by atoms with Gasteiger partial charge in [0.15, 0.2) is 5.58 Å². The molecule has 1 aliphatic rings. The third-order valence-corrected chi connectivity index (χ3v) is 4.14. The van der Waals surface area contributed by atoms with Crippen molar-refractivity contribution in [3.63, 3.8) is 0 Å². The van der Waals surface area contributed by atoms with Crippen molar-refractivity contribution in [2.45, 2.75) is 51.3 Å². The van der Waals surface area contributed by atoms with E-state index in [4.69, 9.17) is 14.9 Å². The predicted octanol–water partition coefficient (Wildman–Crippen LogP) is 2.57. The normalized spacial score (nSPS) is 20.8. The zero-order valence-electron chi connectivity index (χ0n) is 12.4. The average molecular weight is 290 g/mol. The molecule has 0 amide bonds. The second kappa shape index (κ2) is 6.03. The standard InChI is InChI=1S/C16H22N2O3/c1-2-8-18-12-7-6-11(10-14(12)21-16(18)19)15(17)13-5-3-4-9-20-13/h6-7,10,13,15H,2-5,8-9,17H2,1H3. The fraction of sp³-hybridized carbons (Fsp3) is 0.562. The van der Waals surface area contributed by atoms with Crippen LogP contribution in [-0.2, 0) is 11.3 Å². The second-order valence-electron chi connectivity index (χ2n) is 5.68. The smallest absolute Gasteiger partial charge is 0.408 e. The number of nitrogens with two attached hydrogens (primary N) is 1. The maximum absolute atomic E-state index is 11.9. The van der Waals surface area contributed by atoms with Gasteiger partial charge in [-0.2, -0.15) is 0 Å². The number of fused-ring (bicyclic) bond motifs is 1. The van der Waals surface area contributed by atoms with Gasteiger partial charge in [0.25, 0.3) is 0 Å². The van der Waals surface area contributed by atoms with Crippen LogP contribution in [0.25, 0.3) is 11.1 Å². The van der Waals surface area contributed by atoms with Gasteiger partial charge in [0, 0.05) is 13.2 Å². The van der Waals surface area contributed by atoms with Crippen molar-refractivity contribution in [2.75, 3.05) is 6.61 Å². The number of hydrogen-bond acceptors (Lipinski definition) is 4. The molecule has 2 atom stereocenters. The lowest BCUT2D eigenvalue weighted by atomic mass is 9.96. The fourth-order valence-electron chi connectivity index (χ4n) is 2.99. The van der Waals surface area contributed by atoms with Gasteiger partial charge in [0.2, 0.25) is 0 Å². The summed E-state index contributed by atoms with van der Waals surface area (Å²) in [5.41, 5.74) is 8.72. The van der Waals surface area contributed by atoms with Gasteiger partial charge in [0.1, 0.15) is 0 Å². The molecule has 5 heteroatoms. The van der Waals surface area contributed by atoms with Crippen LogP contribution in [0.5, 0.6) is 0 Å². The van der Waals surface area contributed by atoms with Crippen molar-refractivity contribution >= 4 is 11.1 Å². The lowest BCUT2D eigenvalue weighted by Gasteiger charge is -2.28. The first-order chi connectivity index (χ1) is 10.2. The van der Waals surface area contributed by atoms with Gasteiger partial charge in [0.05, 0.1) is 17.7 Å². The summed E-state index contributed by atoms with van der Waals surface area (Å²) in [6.07, 6.45) is 4.20. The summed E-state index contributed by atoms with van der Waals surface area (Å²) in [5.74, 6) is -0.300. The SMILES string of the molecule is CCCn1c(=O)oc2cc(C(N)C3CCCCO3)ccc21. The summed E-state index contributed by atoms with van der Waals surface area (Å²) in [6.45, 7) is 3.49. The molecule has 1 aliphatic heterocycles. The molecule has 2 unspecified atom stereocenters. The fourth-order valence-corrected chi connectivity index (χ4v) is 2.99. The minimum absolute atomic E-state index is 0.0562. The maximum Gasteiger partial charge on any atom is 0.419 e. The highest BCUT2D eigenvalue weighted by atomic mass is 16.5. The van der Waals surface area contributed by atoms with Crippen molar-refractivity contribution in [2.24, 2.45) is 5.73 Å². The van der Waals surface area contributed by atoms with E-state index in [1.54, 1.807) is 4.57 Å². The summed E-state index contributed by atoms with van der Waals surface area (Å²) >= 11 is 0. The molecule has 3 rings (SSSR count). The van der Waals surface area contributed by atoms with Crippen LogP contribution in [0.1, 0.15) is 44.2 Å². The van der Waals surface area contributed by atoms with Gasteiger partial charge in [-0.1, -0.05) is 13.0 Å². The van der Waals surface area contributed by atoms with Gasteiger partial charge in [-0.3, -0.25) is 4.57 Å². The Morgan fingerprint density at radius 1 is 1.43 bits per heavy atom. The molecule has 1 saturated heterocycles. The monoisotopic (exact) mass is 290 g/mol. The zero-order valence-corrected chi connectivity index (χ0v) is 12.4. The van der Waals surface area contributed by atoms with Gasteiger partial charge in [-0.25, -0.2) is 4.79 Å². The molecular weight excluding hydrogens is 268 g/mol. The Bertz CT molecular complexity index is 668. The van der Waals surface area contributed by atoms with Crippen LogP contribution < -0.4 is 11.5 Å². The maximum atomic E-state index is 11.9. The van der Waals surface area contributed by atoms with E-state index in [-0.39, 0.29) is 17.9 Å². The van der Waals surface area contributed by atoms with Crippen LogP contribution in [0.2, 0.25) is 0 Å².